The highest BCUT2D eigenvalue weighted by molar-refractivity contribution is 5.94. The summed E-state index contributed by atoms with van der Waals surface area (Å²) in [5.74, 6) is 0.844. The molecule has 1 atom stereocenters. The monoisotopic (exact) mass is 283 g/mol. The summed E-state index contributed by atoms with van der Waals surface area (Å²) in [7, 11) is 6.17. The van der Waals surface area contributed by atoms with Crippen LogP contribution in [0.4, 0.5) is 0 Å². The van der Waals surface area contributed by atoms with Gasteiger partial charge in [-0.05, 0) is 18.2 Å². The second-order valence-corrected chi connectivity index (χ2v) is 4.36. The van der Waals surface area contributed by atoms with Crippen molar-refractivity contribution in [2.45, 2.75) is 6.10 Å². The number of aliphatic hydroxyl groups excluding tert-OH is 1. The fourth-order valence-electron chi connectivity index (χ4n) is 1.83. The third kappa shape index (κ3) is 4.11. The third-order valence-electron chi connectivity index (χ3n) is 2.82. The van der Waals surface area contributed by atoms with E-state index < -0.39 is 6.10 Å². The second-order valence-electron chi connectivity index (χ2n) is 4.36. The second kappa shape index (κ2) is 7.72. The number of carbonyl (C=O) groups excluding carboxylic acids is 1. The maximum Gasteiger partial charge on any atom is 0.253 e. The normalized spacial score (nSPS) is 11.8. The minimum absolute atomic E-state index is 0.184. The number of carbonyl (C=O) groups is 1. The molecule has 1 N–H and O–H groups in total. The first-order chi connectivity index (χ1) is 9.53. The van der Waals surface area contributed by atoms with Crippen LogP contribution in [0, 0.1) is 0 Å². The minimum Gasteiger partial charge on any atom is -0.493 e. The van der Waals surface area contributed by atoms with E-state index in [0.29, 0.717) is 17.1 Å². The maximum atomic E-state index is 12.2. The van der Waals surface area contributed by atoms with E-state index >= 15 is 0 Å². The molecule has 0 heterocycles. The summed E-state index contributed by atoms with van der Waals surface area (Å²) in [6.07, 6.45) is -0.714. The molecule has 0 aliphatic rings. The lowest BCUT2D eigenvalue weighted by atomic mass is 10.1. The number of amides is 1. The Morgan fingerprint density at radius 2 is 1.90 bits per heavy atom. The predicted octanol–water partition coefficient (Wildman–Crippen LogP) is 0.783. The largest absolute Gasteiger partial charge is 0.493 e. The number of aliphatic hydroxyl groups is 1. The van der Waals surface area contributed by atoms with Gasteiger partial charge in [0.25, 0.3) is 5.91 Å². The van der Waals surface area contributed by atoms with Crippen molar-refractivity contribution in [3.63, 3.8) is 0 Å². The zero-order chi connectivity index (χ0) is 15.1. The summed E-state index contributed by atoms with van der Waals surface area (Å²) in [6, 6.07) is 4.94. The highest BCUT2D eigenvalue weighted by Gasteiger charge is 2.17. The summed E-state index contributed by atoms with van der Waals surface area (Å²) in [6.45, 7) is 0.380. The van der Waals surface area contributed by atoms with Crippen molar-refractivity contribution in [3.8, 4) is 11.5 Å². The molecule has 1 rings (SSSR count). The van der Waals surface area contributed by atoms with Gasteiger partial charge in [0.2, 0.25) is 0 Å². The SMILES string of the molecule is COCC(O)CN(C)C(=O)c1ccc(OC)c(OC)c1. The van der Waals surface area contributed by atoms with Gasteiger partial charge >= 0.3 is 0 Å². The van der Waals surface area contributed by atoms with Gasteiger partial charge in [0.05, 0.1) is 26.9 Å². The average Bonchev–Trinajstić information content (AvgIpc) is 2.45. The summed E-state index contributed by atoms with van der Waals surface area (Å²) in [4.78, 5) is 13.7. The zero-order valence-corrected chi connectivity index (χ0v) is 12.3. The van der Waals surface area contributed by atoms with Gasteiger partial charge in [-0.2, -0.15) is 0 Å². The molecule has 0 saturated heterocycles. The molecule has 0 fully saturated rings. The van der Waals surface area contributed by atoms with Crippen molar-refractivity contribution in [1.82, 2.24) is 4.90 Å². The van der Waals surface area contributed by atoms with Crippen molar-refractivity contribution in [2.75, 3.05) is 41.5 Å². The lowest BCUT2D eigenvalue weighted by molar-refractivity contribution is 0.0380. The molecule has 6 nitrogen and oxygen atoms in total. The number of benzene rings is 1. The molecular formula is C14H21NO5. The van der Waals surface area contributed by atoms with E-state index in [1.807, 2.05) is 0 Å². The van der Waals surface area contributed by atoms with E-state index in [1.54, 1.807) is 25.2 Å². The fraction of sp³-hybridized carbons (Fsp3) is 0.500. The smallest absolute Gasteiger partial charge is 0.253 e. The standard InChI is InChI=1S/C14H21NO5/c1-15(8-11(16)9-18-2)14(17)10-5-6-12(19-3)13(7-10)20-4/h5-7,11,16H,8-9H2,1-4H3. The van der Waals surface area contributed by atoms with E-state index in [-0.39, 0.29) is 19.1 Å². The van der Waals surface area contributed by atoms with Crippen LogP contribution >= 0.6 is 0 Å². The van der Waals surface area contributed by atoms with E-state index in [4.69, 9.17) is 14.2 Å². The van der Waals surface area contributed by atoms with Gasteiger partial charge in [0.1, 0.15) is 0 Å². The molecule has 1 aromatic carbocycles. The molecule has 0 saturated carbocycles. The van der Waals surface area contributed by atoms with E-state index in [0.717, 1.165) is 0 Å². The van der Waals surface area contributed by atoms with Crippen molar-refractivity contribution in [2.24, 2.45) is 0 Å². The topological polar surface area (TPSA) is 68.2 Å². The van der Waals surface area contributed by atoms with Crippen LogP contribution in [0.25, 0.3) is 0 Å². The number of hydrogen-bond donors (Lipinski definition) is 1. The van der Waals surface area contributed by atoms with Crippen LogP contribution < -0.4 is 9.47 Å². The number of methoxy groups -OCH3 is 3. The molecule has 20 heavy (non-hydrogen) atoms. The van der Waals surface area contributed by atoms with Gasteiger partial charge in [-0.3, -0.25) is 4.79 Å². The molecule has 1 amide bonds. The molecular weight excluding hydrogens is 262 g/mol. The Labute approximate surface area is 118 Å². The highest BCUT2D eigenvalue weighted by atomic mass is 16.5. The zero-order valence-electron chi connectivity index (χ0n) is 12.3. The number of ether oxygens (including phenoxy) is 3. The van der Waals surface area contributed by atoms with Crippen LogP contribution in [0.1, 0.15) is 10.4 Å². The highest BCUT2D eigenvalue weighted by Crippen LogP contribution is 2.27. The Kier molecular flexibility index (Phi) is 6.27. The molecule has 0 bridgehead atoms. The van der Waals surface area contributed by atoms with Gasteiger partial charge < -0.3 is 24.2 Å². The van der Waals surface area contributed by atoms with Crippen molar-refractivity contribution in [3.05, 3.63) is 23.8 Å². The summed E-state index contributed by atoms with van der Waals surface area (Å²) >= 11 is 0. The molecule has 0 radical (unpaired) electrons. The summed E-state index contributed by atoms with van der Waals surface area (Å²) in [5.41, 5.74) is 0.467. The molecule has 1 unspecified atom stereocenters. The van der Waals surface area contributed by atoms with Crippen molar-refractivity contribution < 1.29 is 24.1 Å². The summed E-state index contributed by atoms with van der Waals surface area (Å²) < 4.78 is 15.1. The van der Waals surface area contributed by atoms with Gasteiger partial charge in [0, 0.05) is 26.3 Å². The number of rotatable bonds is 7. The van der Waals surface area contributed by atoms with Gasteiger partial charge in [-0.25, -0.2) is 0 Å². The molecule has 0 aromatic heterocycles. The Hall–Kier alpha value is -1.79. The first kappa shape index (κ1) is 16.3. The molecule has 0 aliphatic carbocycles. The summed E-state index contributed by atoms with van der Waals surface area (Å²) in [5, 5.41) is 9.63. The van der Waals surface area contributed by atoms with Crippen LogP contribution in [0.15, 0.2) is 18.2 Å². The number of likely N-dealkylation sites (N-methyl/N-ethyl adjacent to an activating group) is 1. The predicted molar refractivity (Wildman–Crippen MR) is 74.4 cm³/mol. The van der Waals surface area contributed by atoms with Crippen LogP contribution in [-0.2, 0) is 4.74 Å². The Morgan fingerprint density at radius 3 is 2.45 bits per heavy atom. The van der Waals surface area contributed by atoms with E-state index in [9.17, 15) is 9.90 Å². The Morgan fingerprint density at radius 1 is 1.25 bits per heavy atom. The first-order valence-corrected chi connectivity index (χ1v) is 6.18. The third-order valence-corrected chi connectivity index (χ3v) is 2.82. The molecule has 6 heteroatoms. The maximum absolute atomic E-state index is 12.2. The molecule has 0 aliphatic heterocycles. The van der Waals surface area contributed by atoms with E-state index in [2.05, 4.69) is 0 Å². The average molecular weight is 283 g/mol. The Balaban J connectivity index is 2.81. The van der Waals surface area contributed by atoms with Crippen molar-refractivity contribution in [1.29, 1.82) is 0 Å². The Bertz CT molecular complexity index is 449. The lowest BCUT2D eigenvalue weighted by Gasteiger charge is -2.21. The molecule has 0 spiro atoms. The minimum atomic E-state index is -0.714. The van der Waals surface area contributed by atoms with Crippen LogP contribution in [-0.4, -0.2) is 63.5 Å². The van der Waals surface area contributed by atoms with Crippen molar-refractivity contribution >= 4 is 5.91 Å². The van der Waals surface area contributed by atoms with Crippen LogP contribution in [0.5, 0.6) is 11.5 Å². The number of nitrogens with zero attached hydrogens (tertiary/aromatic N) is 1. The fourth-order valence-corrected chi connectivity index (χ4v) is 1.83. The van der Waals surface area contributed by atoms with Gasteiger partial charge in [0.15, 0.2) is 11.5 Å². The quantitative estimate of drug-likeness (QED) is 0.801. The molecule has 112 valence electrons. The van der Waals surface area contributed by atoms with Gasteiger partial charge in [-0.1, -0.05) is 0 Å². The number of hydrogen-bond acceptors (Lipinski definition) is 5. The van der Waals surface area contributed by atoms with E-state index in [1.165, 1.54) is 26.2 Å². The lowest BCUT2D eigenvalue weighted by Crippen LogP contribution is -2.36. The van der Waals surface area contributed by atoms with Crippen LogP contribution in [0.2, 0.25) is 0 Å². The van der Waals surface area contributed by atoms with Gasteiger partial charge in [-0.15, -0.1) is 0 Å². The molecule has 1 aromatic rings. The first-order valence-electron chi connectivity index (χ1n) is 6.18. The van der Waals surface area contributed by atoms with Crippen LogP contribution in [0.3, 0.4) is 0 Å².